The number of hydrogen-bond donors (Lipinski definition) is 1. The van der Waals surface area contributed by atoms with Gasteiger partial charge < -0.3 is 10.0 Å². The first-order valence-corrected chi connectivity index (χ1v) is 7.49. The lowest BCUT2D eigenvalue weighted by atomic mass is 10.1. The Bertz CT molecular complexity index is 442. The first kappa shape index (κ1) is 15.3. The van der Waals surface area contributed by atoms with E-state index in [2.05, 4.69) is 23.6 Å². The molecular formula is C16H25FN2O. The molecule has 1 aromatic carbocycles. The van der Waals surface area contributed by atoms with Gasteiger partial charge in [0, 0.05) is 32.2 Å². The van der Waals surface area contributed by atoms with Crippen molar-refractivity contribution >= 4 is 5.69 Å². The van der Waals surface area contributed by atoms with Gasteiger partial charge in [-0.25, -0.2) is 4.39 Å². The molecule has 1 fully saturated rings. The van der Waals surface area contributed by atoms with Crippen LogP contribution in [0.5, 0.6) is 0 Å². The van der Waals surface area contributed by atoms with Crippen molar-refractivity contribution in [3.05, 3.63) is 29.6 Å². The topological polar surface area (TPSA) is 26.7 Å². The zero-order valence-corrected chi connectivity index (χ0v) is 12.6. The van der Waals surface area contributed by atoms with Gasteiger partial charge in [0.1, 0.15) is 5.82 Å². The summed E-state index contributed by atoms with van der Waals surface area (Å²) < 4.78 is 14.2. The first-order valence-electron chi connectivity index (χ1n) is 7.49. The molecule has 112 valence electrons. The molecule has 2 rings (SSSR count). The number of hydrogen-bond acceptors (Lipinski definition) is 3. The summed E-state index contributed by atoms with van der Waals surface area (Å²) in [4.78, 5) is 4.55. The minimum Gasteiger partial charge on any atom is -0.389 e. The fourth-order valence-corrected chi connectivity index (χ4v) is 2.70. The van der Waals surface area contributed by atoms with Crippen LogP contribution in [0.4, 0.5) is 10.1 Å². The van der Waals surface area contributed by atoms with Crippen LogP contribution < -0.4 is 4.90 Å². The van der Waals surface area contributed by atoms with Gasteiger partial charge in [0.25, 0.3) is 0 Å². The van der Waals surface area contributed by atoms with Gasteiger partial charge in [0.05, 0.1) is 11.8 Å². The Hall–Kier alpha value is -1.13. The standard InChI is InChI=1S/C16H25FN2O/c1-4-12(2)18-7-9-19(10-8-18)16-6-5-14(13(3)20)11-15(16)17/h5-6,11-13,20H,4,7-10H2,1-3H3/t12?,13-/m0/s1. The Kier molecular flexibility index (Phi) is 5.00. The van der Waals surface area contributed by atoms with Crippen molar-refractivity contribution in [2.24, 2.45) is 0 Å². The van der Waals surface area contributed by atoms with E-state index >= 15 is 0 Å². The summed E-state index contributed by atoms with van der Waals surface area (Å²) in [7, 11) is 0. The highest BCUT2D eigenvalue weighted by Gasteiger charge is 2.22. The second kappa shape index (κ2) is 6.55. The van der Waals surface area contributed by atoms with E-state index in [4.69, 9.17) is 0 Å². The van der Waals surface area contributed by atoms with Crippen LogP contribution in [0.1, 0.15) is 38.9 Å². The molecule has 2 atom stereocenters. The predicted molar refractivity (Wildman–Crippen MR) is 80.6 cm³/mol. The van der Waals surface area contributed by atoms with Gasteiger partial charge in [-0.3, -0.25) is 4.90 Å². The maximum Gasteiger partial charge on any atom is 0.146 e. The number of benzene rings is 1. The van der Waals surface area contributed by atoms with E-state index in [1.807, 2.05) is 6.07 Å². The SMILES string of the molecule is CCC(C)N1CCN(c2ccc([C@H](C)O)cc2F)CC1. The molecule has 1 N–H and O–H groups in total. The summed E-state index contributed by atoms with van der Waals surface area (Å²) in [5.41, 5.74) is 1.28. The lowest BCUT2D eigenvalue weighted by Crippen LogP contribution is -2.49. The first-order chi connectivity index (χ1) is 9.52. The molecule has 0 bridgehead atoms. The fourth-order valence-electron chi connectivity index (χ4n) is 2.70. The van der Waals surface area contributed by atoms with Gasteiger partial charge >= 0.3 is 0 Å². The summed E-state index contributed by atoms with van der Waals surface area (Å²) in [5.74, 6) is -0.236. The van der Waals surface area contributed by atoms with Crippen molar-refractivity contribution in [3.8, 4) is 0 Å². The third kappa shape index (κ3) is 3.30. The van der Waals surface area contributed by atoms with E-state index in [9.17, 15) is 9.50 Å². The molecular weight excluding hydrogens is 255 g/mol. The van der Waals surface area contributed by atoms with Crippen LogP contribution in [0.25, 0.3) is 0 Å². The summed E-state index contributed by atoms with van der Waals surface area (Å²) in [6.45, 7) is 9.77. The summed E-state index contributed by atoms with van der Waals surface area (Å²) >= 11 is 0. The molecule has 1 heterocycles. The molecule has 3 nitrogen and oxygen atoms in total. The van der Waals surface area contributed by atoms with Crippen LogP contribution in [0.2, 0.25) is 0 Å². The molecule has 0 saturated carbocycles. The van der Waals surface area contributed by atoms with Crippen LogP contribution >= 0.6 is 0 Å². The highest BCUT2D eigenvalue weighted by molar-refractivity contribution is 5.50. The van der Waals surface area contributed by atoms with Crippen molar-refractivity contribution in [1.82, 2.24) is 4.90 Å². The minimum atomic E-state index is -0.624. The number of rotatable bonds is 4. The van der Waals surface area contributed by atoms with Gasteiger partial charge in [0.15, 0.2) is 0 Å². The third-order valence-electron chi connectivity index (χ3n) is 4.32. The number of aliphatic hydroxyl groups excluding tert-OH is 1. The molecule has 4 heteroatoms. The van der Waals surface area contributed by atoms with E-state index < -0.39 is 6.10 Å². The average molecular weight is 280 g/mol. The van der Waals surface area contributed by atoms with E-state index in [0.29, 0.717) is 17.3 Å². The normalized spacial score (nSPS) is 19.9. The molecule has 1 unspecified atom stereocenters. The molecule has 1 aromatic rings. The minimum absolute atomic E-state index is 0.236. The van der Waals surface area contributed by atoms with Gasteiger partial charge in [-0.05, 0) is 38.0 Å². The summed E-state index contributed by atoms with van der Waals surface area (Å²) in [6, 6.07) is 5.64. The zero-order chi connectivity index (χ0) is 14.7. The van der Waals surface area contributed by atoms with Crippen LogP contribution in [0.15, 0.2) is 18.2 Å². The lowest BCUT2D eigenvalue weighted by Gasteiger charge is -2.39. The fraction of sp³-hybridized carbons (Fsp3) is 0.625. The highest BCUT2D eigenvalue weighted by Crippen LogP contribution is 2.25. The Morgan fingerprint density at radius 2 is 1.85 bits per heavy atom. The molecule has 1 aliphatic heterocycles. The Labute approximate surface area is 121 Å². The maximum atomic E-state index is 14.2. The molecule has 0 aliphatic carbocycles. The second-order valence-electron chi connectivity index (χ2n) is 5.67. The summed E-state index contributed by atoms with van der Waals surface area (Å²) in [5, 5.41) is 9.49. The Balaban J connectivity index is 2.04. The van der Waals surface area contributed by atoms with Crippen molar-refractivity contribution in [2.75, 3.05) is 31.1 Å². The van der Waals surface area contributed by atoms with E-state index in [0.717, 1.165) is 32.6 Å². The van der Waals surface area contributed by atoms with Crippen molar-refractivity contribution in [1.29, 1.82) is 0 Å². The van der Waals surface area contributed by atoms with E-state index in [1.165, 1.54) is 6.07 Å². The van der Waals surface area contributed by atoms with Crippen molar-refractivity contribution < 1.29 is 9.50 Å². The number of anilines is 1. The zero-order valence-electron chi connectivity index (χ0n) is 12.6. The molecule has 0 aromatic heterocycles. The monoisotopic (exact) mass is 280 g/mol. The van der Waals surface area contributed by atoms with Crippen LogP contribution in [-0.4, -0.2) is 42.2 Å². The number of piperazine rings is 1. The number of aliphatic hydroxyl groups is 1. The summed E-state index contributed by atoms with van der Waals surface area (Å²) in [6.07, 6.45) is 0.526. The molecule has 0 radical (unpaired) electrons. The predicted octanol–water partition coefficient (Wildman–Crippen LogP) is 2.80. The quantitative estimate of drug-likeness (QED) is 0.918. The maximum absolute atomic E-state index is 14.2. The molecule has 1 aliphatic rings. The van der Waals surface area contributed by atoms with Crippen molar-refractivity contribution in [2.45, 2.75) is 39.3 Å². The molecule has 20 heavy (non-hydrogen) atoms. The third-order valence-corrected chi connectivity index (χ3v) is 4.32. The second-order valence-corrected chi connectivity index (χ2v) is 5.67. The van der Waals surface area contributed by atoms with Gasteiger partial charge in [-0.1, -0.05) is 13.0 Å². The van der Waals surface area contributed by atoms with Crippen molar-refractivity contribution in [3.63, 3.8) is 0 Å². The average Bonchev–Trinajstić information content (AvgIpc) is 2.46. The number of halogens is 1. The van der Waals surface area contributed by atoms with Crippen LogP contribution in [0, 0.1) is 5.82 Å². The molecule has 0 spiro atoms. The highest BCUT2D eigenvalue weighted by atomic mass is 19.1. The number of nitrogens with zero attached hydrogens (tertiary/aromatic N) is 2. The van der Waals surface area contributed by atoms with E-state index in [1.54, 1.807) is 13.0 Å². The molecule has 1 saturated heterocycles. The van der Waals surface area contributed by atoms with Gasteiger partial charge in [-0.15, -0.1) is 0 Å². The lowest BCUT2D eigenvalue weighted by molar-refractivity contribution is 0.192. The van der Waals surface area contributed by atoms with Crippen LogP contribution in [0.3, 0.4) is 0 Å². The van der Waals surface area contributed by atoms with E-state index in [-0.39, 0.29) is 5.82 Å². The Morgan fingerprint density at radius 1 is 1.20 bits per heavy atom. The largest absolute Gasteiger partial charge is 0.389 e. The smallest absolute Gasteiger partial charge is 0.146 e. The van der Waals surface area contributed by atoms with Gasteiger partial charge in [-0.2, -0.15) is 0 Å². The Morgan fingerprint density at radius 3 is 2.35 bits per heavy atom. The molecule has 0 amide bonds. The van der Waals surface area contributed by atoms with Gasteiger partial charge in [0.2, 0.25) is 0 Å². The van der Waals surface area contributed by atoms with Crippen LogP contribution in [-0.2, 0) is 0 Å².